The minimum atomic E-state index is 0.237. The molecule has 0 saturated carbocycles. The predicted molar refractivity (Wildman–Crippen MR) is 47.2 cm³/mol. The van der Waals surface area contributed by atoms with Crippen LogP contribution in [-0.2, 0) is 6.42 Å². The van der Waals surface area contributed by atoms with Gasteiger partial charge in [0.1, 0.15) is 0 Å². The van der Waals surface area contributed by atoms with Crippen LogP contribution in [-0.4, -0.2) is 0 Å². The molecule has 0 aliphatic heterocycles. The molecule has 1 rings (SSSR count). The molecule has 0 aliphatic carbocycles. The second-order valence-corrected chi connectivity index (χ2v) is 4.70. The number of hydrogen-bond acceptors (Lipinski definition) is 3. The van der Waals surface area contributed by atoms with Gasteiger partial charge in [-0.15, -0.1) is 0 Å². The monoisotopic (exact) mass is 174 g/mol. The van der Waals surface area contributed by atoms with E-state index in [1.54, 1.807) is 0 Å². The maximum atomic E-state index is 10.8. The van der Waals surface area contributed by atoms with Crippen LogP contribution in [0.3, 0.4) is 0 Å². The third-order valence-corrected chi connectivity index (χ3v) is 3.58. The summed E-state index contributed by atoms with van der Waals surface area (Å²) in [5.41, 5.74) is 0. The maximum Gasteiger partial charge on any atom is 0.287 e. The highest BCUT2D eigenvalue weighted by Gasteiger charge is 2.01. The topological polar surface area (TPSA) is 17.1 Å². The van der Waals surface area contributed by atoms with E-state index >= 15 is 0 Å². The van der Waals surface area contributed by atoms with E-state index in [4.69, 9.17) is 0 Å². The number of rotatable bonds is 2. The fourth-order valence-electron chi connectivity index (χ4n) is 0.829. The van der Waals surface area contributed by atoms with E-state index in [2.05, 4.69) is 6.92 Å². The Balaban J connectivity index is 2.92. The van der Waals surface area contributed by atoms with Crippen LogP contribution in [0.15, 0.2) is 4.79 Å². The Kier molecular flexibility index (Phi) is 2.63. The first kappa shape index (κ1) is 7.95. The summed E-state index contributed by atoms with van der Waals surface area (Å²) in [6.45, 7) is 4.15. The highest BCUT2D eigenvalue weighted by molar-refractivity contribution is 7.27. The highest BCUT2D eigenvalue weighted by Crippen LogP contribution is 2.16. The van der Waals surface area contributed by atoms with Gasteiger partial charge < -0.3 is 0 Å². The molecule has 0 N–H and O–H groups in total. The molecule has 0 unspecified atom stereocenters. The first-order valence-electron chi connectivity index (χ1n) is 3.33. The fraction of sp³-hybridized carbons (Fsp3) is 0.571. The molecule has 56 valence electrons. The predicted octanol–water partition coefficient (Wildman–Crippen LogP) is 2.43. The Labute approximate surface area is 68.3 Å². The van der Waals surface area contributed by atoms with Gasteiger partial charge in [-0.1, -0.05) is 36.0 Å². The van der Waals surface area contributed by atoms with Crippen molar-refractivity contribution >= 4 is 22.7 Å². The van der Waals surface area contributed by atoms with Gasteiger partial charge in [0, 0.05) is 9.75 Å². The lowest BCUT2D eigenvalue weighted by Gasteiger charge is -1.90. The van der Waals surface area contributed by atoms with Gasteiger partial charge in [0.05, 0.1) is 0 Å². The Morgan fingerprint density at radius 2 is 2.10 bits per heavy atom. The van der Waals surface area contributed by atoms with Crippen LogP contribution in [0.25, 0.3) is 0 Å². The summed E-state index contributed by atoms with van der Waals surface area (Å²) in [5.74, 6) is 0. The van der Waals surface area contributed by atoms with Crippen LogP contribution in [0, 0.1) is 6.92 Å². The van der Waals surface area contributed by atoms with Gasteiger partial charge in [-0.25, -0.2) is 0 Å². The molecule has 1 nitrogen and oxygen atoms in total. The van der Waals surface area contributed by atoms with Crippen molar-refractivity contribution in [3.05, 3.63) is 18.6 Å². The standard InChI is InChI=1S/C7H10OS2/c1-3-4-6-5(2)9-7(8)10-6/h3-4H2,1-2H3. The van der Waals surface area contributed by atoms with Crippen LogP contribution in [0.5, 0.6) is 0 Å². The molecule has 10 heavy (non-hydrogen) atoms. The zero-order valence-corrected chi connectivity index (χ0v) is 7.77. The summed E-state index contributed by atoms with van der Waals surface area (Å²) in [6.07, 6.45) is 2.20. The minimum absolute atomic E-state index is 0.237. The first-order chi connectivity index (χ1) is 4.74. The summed E-state index contributed by atoms with van der Waals surface area (Å²) in [6, 6.07) is 0. The first-order valence-corrected chi connectivity index (χ1v) is 4.96. The molecule has 0 amide bonds. The molecule has 0 fully saturated rings. The second-order valence-electron chi connectivity index (χ2n) is 2.18. The van der Waals surface area contributed by atoms with Crippen molar-refractivity contribution in [2.75, 3.05) is 0 Å². The van der Waals surface area contributed by atoms with Crippen molar-refractivity contribution in [2.45, 2.75) is 26.7 Å². The molecule has 1 aromatic rings. The van der Waals surface area contributed by atoms with Crippen LogP contribution < -0.4 is 4.06 Å². The normalized spacial score (nSPS) is 10.2. The third kappa shape index (κ3) is 1.67. The van der Waals surface area contributed by atoms with Crippen molar-refractivity contribution in [2.24, 2.45) is 0 Å². The van der Waals surface area contributed by atoms with Gasteiger partial charge in [0.2, 0.25) is 0 Å². The molecular formula is C7H10OS2. The molecule has 0 aliphatic rings. The summed E-state index contributed by atoms with van der Waals surface area (Å²) < 4.78 is 0.237. The minimum Gasteiger partial charge on any atom is -0.265 e. The number of aryl methyl sites for hydroxylation is 2. The smallest absolute Gasteiger partial charge is 0.265 e. The van der Waals surface area contributed by atoms with E-state index in [1.807, 2.05) is 6.92 Å². The molecule has 1 aromatic heterocycles. The summed E-state index contributed by atoms with van der Waals surface area (Å²) in [4.78, 5) is 13.3. The molecule has 1 heterocycles. The maximum absolute atomic E-state index is 10.8. The van der Waals surface area contributed by atoms with E-state index in [0.29, 0.717) is 0 Å². The van der Waals surface area contributed by atoms with E-state index in [-0.39, 0.29) is 4.06 Å². The van der Waals surface area contributed by atoms with Gasteiger partial charge in [-0.05, 0) is 13.3 Å². The molecule has 0 radical (unpaired) electrons. The molecule has 0 saturated heterocycles. The Hall–Kier alpha value is -0.150. The Bertz CT molecular complexity index is 259. The summed E-state index contributed by atoms with van der Waals surface area (Å²) >= 11 is 2.77. The van der Waals surface area contributed by atoms with E-state index in [1.165, 1.54) is 32.4 Å². The van der Waals surface area contributed by atoms with Crippen molar-refractivity contribution in [1.82, 2.24) is 0 Å². The lowest BCUT2D eigenvalue weighted by Crippen LogP contribution is -1.78. The van der Waals surface area contributed by atoms with E-state index < -0.39 is 0 Å². The van der Waals surface area contributed by atoms with Crippen LogP contribution in [0.2, 0.25) is 0 Å². The van der Waals surface area contributed by atoms with Crippen LogP contribution in [0.4, 0.5) is 0 Å². The van der Waals surface area contributed by atoms with Crippen molar-refractivity contribution in [3.8, 4) is 0 Å². The lowest BCUT2D eigenvalue weighted by atomic mass is 10.3. The van der Waals surface area contributed by atoms with E-state index in [0.717, 1.165) is 12.8 Å². The van der Waals surface area contributed by atoms with Gasteiger partial charge in [0.25, 0.3) is 4.06 Å². The van der Waals surface area contributed by atoms with Gasteiger partial charge >= 0.3 is 0 Å². The van der Waals surface area contributed by atoms with E-state index in [9.17, 15) is 4.79 Å². The average molecular weight is 174 g/mol. The van der Waals surface area contributed by atoms with Gasteiger partial charge in [-0.2, -0.15) is 0 Å². The quantitative estimate of drug-likeness (QED) is 0.673. The summed E-state index contributed by atoms with van der Waals surface area (Å²) in [5, 5.41) is 0. The van der Waals surface area contributed by atoms with Crippen LogP contribution in [0.1, 0.15) is 23.1 Å². The highest BCUT2D eigenvalue weighted by atomic mass is 32.2. The molecule has 0 aromatic carbocycles. The molecular weight excluding hydrogens is 164 g/mol. The van der Waals surface area contributed by atoms with Crippen molar-refractivity contribution < 1.29 is 0 Å². The van der Waals surface area contributed by atoms with Gasteiger partial charge in [-0.3, -0.25) is 4.79 Å². The SMILES string of the molecule is CCCc1sc(=O)sc1C. The van der Waals surface area contributed by atoms with Gasteiger partial charge in [0.15, 0.2) is 0 Å². The lowest BCUT2D eigenvalue weighted by molar-refractivity contribution is 0.935. The molecule has 0 bridgehead atoms. The van der Waals surface area contributed by atoms with Crippen LogP contribution >= 0.6 is 22.7 Å². The molecule has 3 heteroatoms. The zero-order chi connectivity index (χ0) is 7.56. The summed E-state index contributed by atoms with van der Waals surface area (Å²) in [7, 11) is 0. The van der Waals surface area contributed by atoms with Crippen molar-refractivity contribution in [3.63, 3.8) is 0 Å². The average Bonchev–Trinajstić information content (AvgIpc) is 2.13. The Morgan fingerprint density at radius 1 is 1.40 bits per heavy atom. The Morgan fingerprint density at radius 3 is 2.50 bits per heavy atom. The molecule has 0 spiro atoms. The fourth-order valence-corrected chi connectivity index (χ4v) is 3.04. The zero-order valence-electron chi connectivity index (χ0n) is 6.14. The number of hydrogen-bond donors (Lipinski definition) is 0. The molecule has 0 atom stereocenters. The third-order valence-electron chi connectivity index (χ3n) is 1.31. The second kappa shape index (κ2) is 3.30. The largest absolute Gasteiger partial charge is 0.287 e. The van der Waals surface area contributed by atoms with Crippen molar-refractivity contribution in [1.29, 1.82) is 0 Å².